The van der Waals surface area contributed by atoms with Gasteiger partial charge in [0.15, 0.2) is 0 Å². The Morgan fingerprint density at radius 2 is 1.84 bits per heavy atom. The highest BCUT2D eigenvalue weighted by atomic mass is 79.9. The fourth-order valence-electron chi connectivity index (χ4n) is 5.22. The van der Waals surface area contributed by atoms with Crippen LogP contribution in [0.15, 0.2) is 77.3 Å². The first-order valence-corrected chi connectivity index (χ1v) is 15.0. The van der Waals surface area contributed by atoms with E-state index in [-0.39, 0.29) is 13.1 Å². The summed E-state index contributed by atoms with van der Waals surface area (Å²) >= 11 is 10.1. The maximum Gasteiger partial charge on any atom is 0.258 e. The van der Waals surface area contributed by atoms with E-state index in [9.17, 15) is 19.6 Å². The number of anilines is 2. The normalized spacial score (nSPS) is 15.3. The minimum atomic E-state index is -1.10. The van der Waals surface area contributed by atoms with Gasteiger partial charge in [-0.15, -0.1) is 0 Å². The number of benzene rings is 4. The number of carbonyl (C=O) groups excluding carboxylic acids is 3. The minimum Gasteiger partial charge on any atom is -0.496 e. The van der Waals surface area contributed by atoms with Crippen LogP contribution in [0.1, 0.15) is 28.4 Å². The van der Waals surface area contributed by atoms with Gasteiger partial charge in [0.1, 0.15) is 11.8 Å². The molecule has 0 spiro atoms. The van der Waals surface area contributed by atoms with E-state index < -0.39 is 29.8 Å². The largest absolute Gasteiger partial charge is 0.496 e. The van der Waals surface area contributed by atoms with E-state index in [1.165, 1.54) is 4.90 Å². The molecule has 3 amide bonds. The average Bonchev–Trinajstić information content (AvgIpc) is 3.14. The molecule has 0 fully saturated rings. The lowest BCUT2D eigenvalue weighted by molar-refractivity contribution is -0.128. The van der Waals surface area contributed by atoms with Crippen LogP contribution in [-0.2, 0) is 16.1 Å². The molecule has 0 radical (unpaired) electrons. The fourth-order valence-corrected chi connectivity index (χ4v) is 5.88. The third-order valence-electron chi connectivity index (χ3n) is 7.71. The van der Waals surface area contributed by atoms with Gasteiger partial charge in [0, 0.05) is 20.6 Å². The number of nitrogens with zero attached hydrogens (tertiary/aromatic N) is 3. The lowest BCUT2D eigenvalue weighted by Gasteiger charge is -2.27. The van der Waals surface area contributed by atoms with E-state index in [4.69, 9.17) is 16.3 Å². The Morgan fingerprint density at radius 1 is 1.09 bits per heavy atom. The lowest BCUT2D eigenvalue weighted by atomic mass is 10.0. The van der Waals surface area contributed by atoms with Crippen LogP contribution in [0.3, 0.4) is 0 Å². The molecule has 0 aliphatic carbocycles. The van der Waals surface area contributed by atoms with Crippen LogP contribution in [0.5, 0.6) is 5.75 Å². The molecular weight excluding hydrogens is 646 g/mol. The highest BCUT2D eigenvalue weighted by molar-refractivity contribution is 9.10. The SMILES string of the molecule is CNC(C)C(=O)NC1CN(C(=O)c2ccc(C#N)cc2)c2cc(Cl)ccc2N(Cc2c(OC)ccc3c(Br)cccc23)C1=O. The molecule has 2 N–H and O–H groups in total. The highest BCUT2D eigenvalue weighted by Gasteiger charge is 2.38. The standard InChI is InChI=1S/C33H29BrClN5O4/c1-19(37-2)31(41)38-27-18-40(32(42)21-9-7-20(16-36)8-10-21)29-15-22(35)11-13-28(29)39(33(27)43)17-25-23-5-4-6-26(34)24(23)12-14-30(25)44-3/h4-15,19,27,37H,17-18H2,1-3H3,(H,38,41). The molecule has 4 aromatic rings. The Hall–Kier alpha value is -4.43. The van der Waals surface area contributed by atoms with Crippen molar-refractivity contribution in [2.75, 3.05) is 30.5 Å². The second-order valence-electron chi connectivity index (χ2n) is 10.3. The van der Waals surface area contributed by atoms with Crippen LogP contribution in [0.2, 0.25) is 5.02 Å². The van der Waals surface area contributed by atoms with Gasteiger partial charge < -0.3 is 25.2 Å². The number of hydrogen-bond acceptors (Lipinski definition) is 6. The van der Waals surface area contributed by atoms with Gasteiger partial charge >= 0.3 is 0 Å². The summed E-state index contributed by atoms with van der Waals surface area (Å²) in [5, 5.41) is 17.2. The predicted molar refractivity (Wildman–Crippen MR) is 174 cm³/mol. The first-order chi connectivity index (χ1) is 21.2. The maximum atomic E-state index is 14.5. The number of ether oxygens (including phenoxy) is 1. The molecule has 11 heteroatoms. The molecule has 1 aliphatic heterocycles. The van der Waals surface area contributed by atoms with Crippen LogP contribution < -0.4 is 25.2 Å². The molecule has 0 saturated carbocycles. The van der Waals surface area contributed by atoms with Gasteiger partial charge in [-0.2, -0.15) is 5.26 Å². The van der Waals surface area contributed by atoms with Crippen molar-refractivity contribution in [3.63, 3.8) is 0 Å². The maximum absolute atomic E-state index is 14.5. The topological polar surface area (TPSA) is 115 Å². The van der Waals surface area contributed by atoms with Crippen LogP contribution in [0, 0.1) is 11.3 Å². The number of likely N-dealkylation sites (N-methyl/N-ethyl adjacent to an activating group) is 1. The summed E-state index contributed by atoms with van der Waals surface area (Å²) < 4.78 is 6.63. The Balaban J connectivity index is 1.68. The third-order valence-corrected chi connectivity index (χ3v) is 8.64. The zero-order chi connectivity index (χ0) is 31.5. The number of halogens is 2. The van der Waals surface area contributed by atoms with Gasteiger partial charge in [-0.1, -0.05) is 39.7 Å². The van der Waals surface area contributed by atoms with E-state index in [1.54, 1.807) is 68.4 Å². The summed E-state index contributed by atoms with van der Waals surface area (Å²) in [5.74, 6) is -0.639. The Kier molecular flexibility index (Phi) is 9.20. The molecular formula is C33H29BrClN5O4. The van der Waals surface area contributed by atoms with Gasteiger partial charge in [-0.3, -0.25) is 14.4 Å². The summed E-state index contributed by atoms with van der Waals surface area (Å²) in [6.07, 6.45) is 0. The Labute approximate surface area is 268 Å². The highest BCUT2D eigenvalue weighted by Crippen LogP contribution is 2.40. The van der Waals surface area contributed by atoms with Crippen LogP contribution in [0.25, 0.3) is 10.8 Å². The van der Waals surface area contributed by atoms with Gasteiger partial charge in [0.05, 0.1) is 49.2 Å². The van der Waals surface area contributed by atoms with Crippen LogP contribution >= 0.6 is 27.5 Å². The fraction of sp³-hybridized carbons (Fsp3) is 0.212. The molecule has 0 saturated heterocycles. The Bertz CT molecular complexity index is 1810. The molecule has 0 bridgehead atoms. The van der Waals surface area contributed by atoms with E-state index in [0.717, 1.165) is 20.8 Å². The summed E-state index contributed by atoms with van der Waals surface area (Å²) in [6.45, 7) is 1.61. The second-order valence-corrected chi connectivity index (χ2v) is 11.6. The van der Waals surface area contributed by atoms with E-state index in [1.807, 2.05) is 30.3 Å². The van der Waals surface area contributed by atoms with E-state index in [0.29, 0.717) is 33.3 Å². The van der Waals surface area contributed by atoms with Crippen molar-refractivity contribution >= 4 is 67.4 Å². The first-order valence-electron chi connectivity index (χ1n) is 13.8. The number of methoxy groups -OCH3 is 1. The number of amides is 3. The zero-order valence-electron chi connectivity index (χ0n) is 24.2. The number of nitrogens with one attached hydrogen (secondary N) is 2. The van der Waals surface area contributed by atoms with Crippen molar-refractivity contribution in [2.24, 2.45) is 0 Å². The van der Waals surface area contributed by atoms with Crippen molar-refractivity contribution in [3.05, 3.63) is 99.0 Å². The molecule has 44 heavy (non-hydrogen) atoms. The van der Waals surface area contributed by atoms with E-state index >= 15 is 0 Å². The van der Waals surface area contributed by atoms with Crippen LogP contribution in [-0.4, -0.2) is 50.5 Å². The summed E-state index contributed by atoms with van der Waals surface area (Å²) in [7, 11) is 3.22. The van der Waals surface area contributed by atoms with E-state index in [2.05, 4.69) is 32.6 Å². The molecule has 2 atom stereocenters. The zero-order valence-corrected chi connectivity index (χ0v) is 26.6. The molecule has 2 unspecified atom stereocenters. The lowest BCUT2D eigenvalue weighted by Crippen LogP contribution is -2.55. The molecule has 9 nitrogen and oxygen atoms in total. The molecule has 1 aliphatic rings. The summed E-state index contributed by atoms with van der Waals surface area (Å²) in [5.41, 5.74) is 2.31. The summed E-state index contributed by atoms with van der Waals surface area (Å²) in [4.78, 5) is 44.6. The van der Waals surface area contributed by atoms with Crippen molar-refractivity contribution in [1.82, 2.24) is 10.6 Å². The molecule has 0 aromatic heterocycles. The second kappa shape index (κ2) is 13.1. The number of rotatable bonds is 7. The third kappa shape index (κ3) is 5.99. The number of fused-ring (bicyclic) bond motifs is 2. The molecule has 5 rings (SSSR count). The van der Waals surface area contributed by atoms with Gasteiger partial charge in [0.2, 0.25) is 5.91 Å². The van der Waals surface area contributed by atoms with Crippen molar-refractivity contribution in [1.29, 1.82) is 5.26 Å². The number of carbonyl (C=O) groups is 3. The quantitative estimate of drug-likeness (QED) is 0.271. The first kappa shape index (κ1) is 31.0. The minimum absolute atomic E-state index is 0.0806. The molecule has 1 heterocycles. The van der Waals surface area contributed by atoms with Crippen molar-refractivity contribution < 1.29 is 19.1 Å². The monoisotopic (exact) mass is 673 g/mol. The predicted octanol–water partition coefficient (Wildman–Crippen LogP) is 5.42. The summed E-state index contributed by atoms with van der Waals surface area (Å²) in [6, 6.07) is 21.2. The average molecular weight is 675 g/mol. The number of hydrogen-bond donors (Lipinski definition) is 2. The van der Waals surface area contributed by atoms with Crippen molar-refractivity contribution in [2.45, 2.75) is 25.6 Å². The number of nitriles is 1. The Morgan fingerprint density at radius 3 is 2.52 bits per heavy atom. The van der Waals surface area contributed by atoms with Gasteiger partial charge in [-0.05, 0) is 85.4 Å². The van der Waals surface area contributed by atoms with Gasteiger partial charge in [0.25, 0.3) is 11.8 Å². The molecule has 4 aromatic carbocycles. The molecule has 224 valence electrons. The van der Waals surface area contributed by atoms with Gasteiger partial charge in [-0.25, -0.2) is 0 Å². The van der Waals surface area contributed by atoms with Crippen LogP contribution in [0.4, 0.5) is 11.4 Å². The van der Waals surface area contributed by atoms with Crippen molar-refractivity contribution in [3.8, 4) is 11.8 Å². The smallest absolute Gasteiger partial charge is 0.258 e.